The van der Waals surface area contributed by atoms with Crippen LogP contribution in [0.25, 0.3) is 11.1 Å². The molecule has 0 radical (unpaired) electrons. The Morgan fingerprint density at radius 3 is 2.81 bits per heavy atom. The molecule has 0 aliphatic carbocycles. The fraction of sp³-hybridized carbons (Fsp3) is 0.267. The zero-order valence-electron chi connectivity index (χ0n) is 11.5. The molecule has 0 bridgehead atoms. The Morgan fingerprint density at radius 1 is 1.43 bits per heavy atom. The van der Waals surface area contributed by atoms with Crippen LogP contribution in [0.15, 0.2) is 37.3 Å². The van der Waals surface area contributed by atoms with Gasteiger partial charge in [0.2, 0.25) is 0 Å². The molecule has 21 heavy (non-hydrogen) atoms. The van der Waals surface area contributed by atoms with Gasteiger partial charge < -0.3 is 4.42 Å². The predicted molar refractivity (Wildman–Crippen MR) is 90.6 cm³/mol. The summed E-state index contributed by atoms with van der Waals surface area (Å²) in [5.74, 6) is -0.328. The highest BCUT2D eigenvalue weighted by molar-refractivity contribution is 9.11. The SMILES string of the molecule is CCn1c(=O)oc2cc(C(Cl)c3cc(C)c(Br)s3)ccc21. The van der Waals surface area contributed by atoms with Crippen LogP contribution < -0.4 is 5.76 Å². The molecule has 3 aromatic rings. The van der Waals surface area contributed by atoms with Gasteiger partial charge in [-0.3, -0.25) is 4.57 Å². The highest BCUT2D eigenvalue weighted by Gasteiger charge is 2.17. The molecule has 1 aromatic carbocycles. The lowest BCUT2D eigenvalue weighted by Gasteiger charge is -2.07. The molecule has 110 valence electrons. The molecule has 1 atom stereocenters. The molecule has 0 saturated heterocycles. The standard InChI is InChI=1S/C15H13BrClNO2S/c1-3-18-10-5-4-9(7-11(10)20-15(18)19)13(17)12-6-8(2)14(16)21-12/h4-7,13H,3H2,1-2H3. The van der Waals surface area contributed by atoms with Gasteiger partial charge in [0.05, 0.1) is 14.7 Å². The van der Waals surface area contributed by atoms with Gasteiger partial charge in [-0.15, -0.1) is 22.9 Å². The van der Waals surface area contributed by atoms with Gasteiger partial charge in [-0.25, -0.2) is 4.79 Å². The molecule has 0 saturated carbocycles. The number of hydrogen-bond donors (Lipinski definition) is 0. The first-order valence-corrected chi connectivity index (χ1v) is 8.59. The van der Waals surface area contributed by atoms with Crippen molar-refractivity contribution < 1.29 is 4.42 Å². The third kappa shape index (κ3) is 2.58. The highest BCUT2D eigenvalue weighted by atomic mass is 79.9. The van der Waals surface area contributed by atoms with Crippen LogP contribution in [0.4, 0.5) is 0 Å². The predicted octanol–water partition coefficient (Wildman–Crippen LogP) is 5.08. The van der Waals surface area contributed by atoms with Crippen molar-refractivity contribution in [3.8, 4) is 0 Å². The van der Waals surface area contributed by atoms with Crippen molar-refractivity contribution in [1.29, 1.82) is 0 Å². The lowest BCUT2D eigenvalue weighted by Crippen LogP contribution is -2.11. The van der Waals surface area contributed by atoms with E-state index in [1.807, 2.05) is 32.0 Å². The van der Waals surface area contributed by atoms with Crippen molar-refractivity contribution in [1.82, 2.24) is 4.57 Å². The van der Waals surface area contributed by atoms with E-state index in [1.165, 1.54) is 5.56 Å². The zero-order valence-corrected chi connectivity index (χ0v) is 14.7. The summed E-state index contributed by atoms with van der Waals surface area (Å²) in [6.45, 7) is 4.55. The van der Waals surface area contributed by atoms with Gasteiger partial charge in [-0.1, -0.05) is 6.07 Å². The Morgan fingerprint density at radius 2 is 2.19 bits per heavy atom. The molecule has 3 nitrogen and oxygen atoms in total. The van der Waals surface area contributed by atoms with E-state index in [-0.39, 0.29) is 11.1 Å². The molecule has 0 spiro atoms. The maximum absolute atomic E-state index is 11.7. The van der Waals surface area contributed by atoms with Crippen LogP contribution in [0, 0.1) is 6.92 Å². The molecule has 0 aliphatic heterocycles. The molecule has 2 heterocycles. The number of aromatic nitrogens is 1. The molecule has 6 heteroatoms. The Balaban J connectivity index is 2.06. The zero-order chi connectivity index (χ0) is 15.1. The van der Waals surface area contributed by atoms with Crippen molar-refractivity contribution in [2.45, 2.75) is 25.8 Å². The number of rotatable bonds is 3. The molecular weight excluding hydrogens is 374 g/mol. The fourth-order valence-electron chi connectivity index (χ4n) is 2.31. The number of hydrogen-bond acceptors (Lipinski definition) is 3. The maximum Gasteiger partial charge on any atom is 0.419 e. The number of aryl methyl sites for hydroxylation is 2. The highest BCUT2D eigenvalue weighted by Crippen LogP contribution is 2.38. The van der Waals surface area contributed by atoms with Crippen molar-refractivity contribution in [3.05, 3.63) is 54.6 Å². The normalized spacial score (nSPS) is 13.0. The van der Waals surface area contributed by atoms with Gasteiger partial charge in [-0.2, -0.15) is 0 Å². The topological polar surface area (TPSA) is 35.1 Å². The molecule has 0 amide bonds. The molecule has 1 unspecified atom stereocenters. The Kier molecular flexibility index (Phi) is 3.99. The van der Waals surface area contributed by atoms with Crippen molar-refractivity contribution >= 4 is 50.0 Å². The second kappa shape index (κ2) is 5.63. The molecule has 3 rings (SSSR count). The summed E-state index contributed by atoms with van der Waals surface area (Å²) in [5.41, 5.74) is 3.48. The van der Waals surface area contributed by atoms with E-state index >= 15 is 0 Å². The largest absolute Gasteiger partial charge is 0.419 e. The lowest BCUT2D eigenvalue weighted by atomic mass is 10.1. The minimum absolute atomic E-state index is 0.250. The summed E-state index contributed by atoms with van der Waals surface area (Å²) in [4.78, 5) is 12.8. The van der Waals surface area contributed by atoms with E-state index in [4.69, 9.17) is 16.0 Å². The molecular formula is C15H13BrClNO2S. The van der Waals surface area contributed by atoms with Crippen LogP contribution in [0.5, 0.6) is 0 Å². The van der Waals surface area contributed by atoms with Crippen molar-refractivity contribution in [2.24, 2.45) is 0 Å². The van der Waals surface area contributed by atoms with E-state index in [1.54, 1.807) is 15.9 Å². The van der Waals surface area contributed by atoms with Gasteiger partial charge in [0.1, 0.15) is 0 Å². The molecule has 2 aromatic heterocycles. The van der Waals surface area contributed by atoms with Crippen molar-refractivity contribution in [2.75, 3.05) is 0 Å². The smallest absolute Gasteiger partial charge is 0.408 e. The first kappa shape index (κ1) is 14.9. The van der Waals surface area contributed by atoms with Crippen LogP contribution in [-0.4, -0.2) is 4.57 Å². The quantitative estimate of drug-likeness (QED) is 0.589. The van der Waals surface area contributed by atoms with Gasteiger partial charge >= 0.3 is 5.76 Å². The summed E-state index contributed by atoms with van der Waals surface area (Å²) < 4.78 is 7.98. The van der Waals surface area contributed by atoms with Crippen LogP contribution in [0.1, 0.15) is 28.3 Å². The van der Waals surface area contributed by atoms with Crippen LogP contribution >= 0.6 is 38.9 Å². The van der Waals surface area contributed by atoms with E-state index in [0.29, 0.717) is 12.1 Å². The Labute approximate surface area is 139 Å². The average Bonchev–Trinajstić information content (AvgIpc) is 2.96. The van der Waals surface area contributed by atoms with Gasteiger partial charge in [0.25, 0.3) is 0 Å². The molecule has 0 fully saturated rings. The second-order valence-corrected chi connectivity index (χ2v) is 7.65. The number of oxazole rings is 1. The molecule has 0 aliphatic rings. The number of nitrogens with zero attached hydrogens (tertiary/aromatic N) is 1. The Hall–Kier alpha value is -1.04. The molecule has 0 N–H and O–H groups in total. The minimum Gasteiger partial charge on any atom is -0.408 e. The number of alkyl halides is 1. The summed E-state index contributed by atoms with van der Waals surface area (Å²) >= 11 is 11.7. The van der Waals surface area contributed by atoms with Crippen LogP contribution in [0.3, 0.4) is 0 Å². The van der Waals surface area contributed by atoms with Crippen molar-refractivity contribution in [3.63, 3.8) is 0 Å². The number of fused-ring (bicyclic) bond motifs is 1. The number of halogens is 2. The lowest BCUT2D eigenvalue weighted by molar-refractivity contribution is 0.513. The van der Waals surface area contributed by atoms with Gasteiger partial charge in [-0.05, 0) is 59.1 Å². The van der Waals surface area contributed by atoms with E-state index in [9.17, 15) is 4.79 Å². The fourth-order valence-corrected chi connectivity index (χ4v) is 4.22. The van der Waals surface area contributed by atoms with Crippen LogP contribution in [0.2, 0.25) is 0 Å². The maximum atomic E-state index is 11.7. The summed E-state index contributed by atoms with van der Waals surface area (Å²) in [6, 6.07) is 7.77. The monoisotopic (exact) mass is 385 g/mol. The van der Waals surface area contributed by atoms with Crippen LogP contribution in [-0.2, 0) is 6.54 Å². The summed E-state index contributed by atoms with van der Waals surface area (Å²) in [6.07, 6.45) is 0. The second-order valence-electron chi connectivity index (χ2n) is 4.81. The number of benzene rings is 1. The van der Waals surface area contributed by atoms with E-state index < -0.39 is 0 Å². The third-order valence-electron chi connectivity index (χ3n) is 3.43. The Bertz CT molecular complexity index is 845. The van der Waals surface area contributed by atoms with E-state index in [0.717, 1.165) is 19.7 Å². The van der Waals surface area contributed by atoms with Gasteiger partial charge in [0.15, 0.2) is 5.58 Å². The number of thiophene rings is 1. The minimum atomic E-state index is -0.328. The first-order chi connectivity index (χ1) is 10.0. The third-order valence-corrected chi connectivity index (χ3v) is 6.25. The van der Waals surface area contributed by atoms with E-state index in [2.05, 4.69) is 22.0 Å². The summed E-state index contributed by atoms with van der Waals surface area (Å²) in [7, 11) is 0. The first-order valence-electron chi connectivity index (χ1n) is 6.54. The average molecular weight is 387 g/mol. The van der Waals surface area contributed by atoms with Gasteiger partial charge in [0, 0.05) is 11.4 Å². The summed E-state index contributed by atoms with van der Waals surface area (Å²) in [5, 5.41) is -0.250.